The van der Waals surface area contributed by atoms with Crippen LogP contribution in [0.1, 0.15) is 41.0 Å². The van der Waals surface area contributed by atoms with Crippen LogP contribution in [0.4, 0.5) is 0 Å². The predicted octanol–water partition coefficient (Wildman–Crippen LogP) is 1.63. The minimum Gasteiger partial charge on any atom is -0.391 e. The molecule has 4 heteroatoms. The summed E-state index contributed by atoms with van der Waals surface area (Å²) in [6.07, 6.45) is 1.58. The van der Waals surface area contributed by atoms with Gasteiger partial charge in [0.1, 0.15) is 17.8 Å². The maximum absolute atomic E-state index is 11.6. The third kappa shape index (κ3) is 1.55. The van der Waals surface area contributed by atoms with E-state index in [1.807, 2.05) is 12.2 Å². The van der Waals surface area contributed by atoms with Gasteiger partial charge in [0.15, 0.2) is 0 Å². The Labute approximate surface area is 143 Å². The molecule has 134 valence electrons. The first-order chi connectivity index (χ1) is 11.0. The van der Waals surface area contributed by atoms with Crippen molar-refractivity contribution in [3.63, 3.8) is 0 Å². The van der Waals surface area contributed by atoms with Gasteiger partial charge in [0.2, 0.25) is 0 Å². The molecule has 0 radical (unpaired) electrons. The van der Waals surface area contributed by atoms with Crippen molar-refractivity contribution in [2.24, 2.45) is 34.5 Å². The number of fused-ring (bicyclic) bond motifs is 3. The normalized spacial score (nSPS) is 58.0. The lowest BCUT2D eigenvalue weighted by atomic mass is 9.58. The molecule has 2 saturated carbocycles. The molecule has 1 spiro atoms. The minimum absolute atomic E-state index is 0.0298. The molecular weight excluding hydrogens is 304 g/mol. The van der Waals surface area contributed by atoms with Crippen LogP contribution in [0.5, 0.6) is 0 Å². The molecule has 4 N–H and O–H groups in total. The second-order valence-corrected chi connectivity index (χ2v) is 9.48. The van der Waals surface area contributed by atoms with Crippen LogP contribution >= 0.6 is 0 Å². The molecular formula is C20H30O4. The van der Waals surface area contributed by atoms with Crippen LogP contribution in [0.25, 0.3) is 0 Å². The van der Waals surface area contributed by atoms with Crippen molar-refractivity contribution in [2.75, 3.05) is 0 Å². The summed E-state index contributed by atoms with van der Waals surface area (Å²) in [4.78, 5) is 0. The van der Waals surface area contributed by atoms with Gasteiger partial charge in [0, 0.05) is 5.92 Å². The molecule has 0 heterocycles. The molecule has 24 heavy (non-hydrogen) atoms. The number of aliphatic hydroxyl groups excluding tert-OH is 3. The molecule has 0 amide bonds. The van der Waals surface area contributed by atoms with Gasteiger partial charge in [0.25, 0.3) is 0 Å². The highest BCUT2D eigenvalue weighted by atomic mass is 16.4. The van der Waals surface area contributed by atoms with Crippen molar-refractivity contribution in [3.05, 3.63) is 23.3 Å². The van der Waals surface area contributed by atoms with Crippen LogP contribution < -0.4 is 0 Å². The van der Waals surface area contributed by atoms with Gasteiger partial charge in [-0.15, -0.1) is 0 Å². The Bertz CT molecular complexity index is 650. The van der Waals surface area contributed by atoms with E-state index in [1.165, 1.54) is 0 Å². The molecule has 0 aromatic rings. The van der Waals surface area contributed by atoms with Crippen LogP contribution in [0, 0.1) is 34.5 Å². The first-order valence-corrected chi connectivity index (χ1v) is 9.15. The van der Waals surface area contributed by atoms with E-state index in [0.717, 1.165) is 6.42 Å². The van der Waals surface area contributed by atoms with E-state index in [9.17, 15) is 20.4 Å². The van der Waals surface area contributed by atoms with Gasteiger partial charge in [-0.1, -0.05) is 32.9 Å². The molecule has 2 bridgehead atoms. The summed E-state index contributed by atoms with van der Waals surface area (Å²) in [5.41, 5.74) is -1.32. The van der Waals surface area contributed by atoms with Gasteiger partial charge in [-0.25, -0.2) is 0 Å². The summed E-state index contributed by atoms with van der Waals surface area (Å²) in [6, 6.07) is 0. The lowest BCUT2D eigenvalue weighted by molar-refractivity contribution is -0.214. The average molecular weight is 334 g/mol. The van der Waals surface area contributed by atoms with Gasteiger partial charge in [0.05, 0.1) is 11.5 Å². The van der Waals surface area contributed by atoms with E-state index in [4.69, 9.17) is 0 Å². The topological polar surface area (TPSA) is 80.9 Å². The molecule has 0 aliphatic heterocycles. The minimum atomic E-state index is -1.77. The lowest BCUT2D eigenvalue weighted by Gasteiger charge is -2.51. The fourth-order valence-corrected chi connectivity index (χ4v) is 6.72. The third-order valence-corrected chi connectivity index (χ3v) is 8.14. The third-order valence-electron chi connectivity index (χ3n) is 8.14. The quantitative estimate of drug-likeness (QED) is 0.508. The maximum atomic E-state index is 11.6. The Balaban J connectivity index is 1.97. The Morgan fingerprint density at radius 2 is 1.62 bits per heavy atom. The van der Waals surface area contributed by atoms with Crippen LogP contribution in [0.3, 0.4) is 0 Å². The van der Waals surface area contributed by atoms with E-state index in [0.29, 0.717) is 23.0 Å². The second kappa shape index (κ2) is 4.53. The van der Waals surface area contributed by atoms with Crippen LogP contribution in [0.2, 0.25) is 0 Å². The molecule has 4 aliphatic rings. The van der Waals surface area contributed by atoms with E-state index in [2.05, 4.69) is 20.8 Å². The fraction of sp³-hybridized carbons (Fsp3) is 0.800. The zero-order chi connectivity index (χ0) is 17.8. The Kier molecular flexibility index (Phi) is 3.17. The van der Waals surface area contributed by atoms with Gasteiger partial charge in [-0.3, -0.25) is 0 Å². The van der Waals surface area contributed by atoms with Gasteiger partial charge in [-0.05, 0) is 54.6 Å². The SMILES string of the molecule is CC1=C[C@@H]2C(O)[C@]3(C=C(C)[C@H](O)[C@@]3(O)[C@@H]1O)[C@H](C)C[C@@H]1[C@H]2C1(C)C. The van der Waals surface area contributed by atoms with E-state index < -0.39 is 29.3 Å². The Hall–Kier alpha value is -0.680. The highest BCUT2D eigenvalue weighted by molar-refractivity contribution is 5.42. The summed E-state index contributed by atoms with van der Waals surface area (Å²) < 4.78 is 0. The molecule has 4 rings (SSSR count). The van der Waals surface area contributed by atoms with Crippen molar-refractivity contribution >= 4 is 0 Å². The standard InChI is InChI=1S/C20H30O4/c1-9-6-12-14-13(18(14,4)5)7-11(3)19(17(12)23)8-10(2)16(22)20(19,24)15(9)21/h6,8,11-17,21-24H,7H2,1-5H3/t11-,12+,13-,14+,15-,16+,17?,19+,20+/m1/s1. The van der Waals surface area contributed by atoms with Crippen LogP contribution in [-0.2, 0) is 0 Å². The van der Waals surface area contributed by atoms with E-state index in [1.54, 1.807) is 13.8 Å². The first kappa shape index (κ1) is 16.8. The number of aliphatic hydroxyl groups is 4. The molecule has 0 aromatic heterocycles. The second-order valence-electron chi connectivity index (χ2n) is 9.48. The zero-order valence-corrected chi connectivity index (χ0v) is 15.2. The summed E-state index contributed by atoms with van der Waals surface area (Å²) in [6.45, 7) is 10.1. The lowest BCUT2D eigenvalue weighted by Crippen LogP contribution is -2.66. The monoisotopic (exact) mass is 334 g/mol. The smallest absolute Gasteiger partial charge is 0.136 e. The summed E-state index contributed by atoms with van der Waals surface area (Å²) in [7, 11) is 0. The van der Waals surface area contributed by atoms with Crippen LogP contribution in [-0.4, -0.2) is 44.3 Å². The molecule has 1 unspecified atom stereocenters. The number of hydrogen-bond acceptors (Lipinski definition) is 4. The van der Waals surface area contributed by atoms with Crippen molar-refractivity contribution in [1.29, 1.82) is 0 Å². The van der Waals surface area contributed by atoms with E-state index in [-0.39, 0.29) is 17.3 Å². The predicted molar refractivity (Wildman–Crippen MR) is 90.9 cm³/mol. The summed E-state index contributed by atoms with van der Waals surface area (Å²) in [5, 5.41) is 44.8. The summed E-state index contributed by atoms with van der Waals surface area (Å²) in [5.74, 6) is 0.720. The van der Waals surface area contributed by atoms with Gasteiger partial charge < -0.3 is 20.4 Å². The fourth-order valence-electron chi connectivity index (χ4n) is 6.72. The highest BCUT2D eigenvalue weighted by Gasteiger charge is 2.75. The largest absolute Gasteiger partial charge is 0.391 e. The average Bonchev–Trinajstić information content (AvgIpc) is 3.01. The van der Waals surface area contributed by atoms with Crippen molar-refractivity contribution < 1.29 is 20.4 Å². The number of rotatable bonds is 0. The Morgan fingerprint density at radius 3 is 2.25 bits per heavy atom. The molecule has 0 saturated heterocycles. The Morgan fingerprint density at radius 1 is 1.04 bits per heavy atom. The van der Waals surface area contributed by atoms with Crippen LogP contribution in [0.15, 0.2) is 23.3 Å². The zero-order valence-electron chi connectivity index (χ0n) is 15.2. The number of hydrogen-bond donors (Lipinski definition) is 4. The maximum Gasteiger partial charge on any atom is 0.136 e. The molecule has 0 aromatic carbocycles. The molecule has 4 aliphatic carbocycles. The van der Waals surface area contributed by atoms with Crippen molar-refractivity contribution in [1.82, 2.24) is 0 Å². The highest BCUT2D eigenvalue weighted by Crippen LogP contribution is 2.72. The van der Waals surface area contributed by atoms with Gasteiger partial charge in [-0.2, -0.15) is 0 Å². The van der Waals surface area contributed by atoms with E-state index >= 15 is 0 Å². The first-order valence-electron chi connectivity index (χ1n) is 9.15. The molecule has 4 nitrogen and oxygen atoms in total. The summed E-state index contributed by atoms with van der Waals surface area (Å²) >= 11 is 0. The van der Waals surface area contributed by atoms with Crippen molar-refractivity contribution in [3.8, 4) is 0 Å². The van der Waals surface area contributed by atoms with Gasteiger partial charge >= 0.3 is 0 Å². The molecule has 2 fully saturated rings. The molecule has 9 atom stereocenters. The van der Waals surface area contributed by atoms with Crippen molar-refractivity contribution in [2.45, 2.75) is 65.0 Å².